The molecule has 0 saturated carbocycles. The summed E-state index contributed by atoms with van der Waals surface area (Å²) in [7, 11) is -4.00. The highest BCUT2D eigenvalue weighted by atomic mass is 32.2. The number of thioether (sulfide) groups is 1. The van der Waals surface area contributed by atoms with Crippen molar-refractivity contribution >= 4 is 39.1 Å². The highest BCUT2D eigenvalue weighted by Gasteiger charge is 2.30. The highest BCUT2D eigenvalue weighted by molar-refractivity contribution is 7.99. The van der Waals surface area contributed by atoms with Gasteiger partial charge in [-0.05, 0) is 35.2 Å². The fraction of sp³-hybridized carbons (Fsp3) is 0.214. The number of nitrogens with one attached hydrogen (secondary N) is 1. The Morgan fingerprint density at radius 2 is 2.13 bits per heavy atom. The number of fused-ring (bicyclic) bond motifs is 1. The van der Waals surface area contributed by atoms with Gasteiger partial charge in [-0.3, -0.25) is 0 Å². The lowest BCUT2D eigenvalue weighted by Gasteiger charge is -2.26. The number of sulfonamides is 1. The van der Waals surface area contributed by atoms with Gasteiger partial charge in [-0.25, -0.2) is 22.3 Å². The monoisotopic (exact) mass is 373 g/mol. The van der Waals surface area contributed by atoms with E-state index in [0.29, 0.717) is 22.6 Å². The van der Waals surface area contributed by atoms with Gasteiger partial charge in [0.25, 0.3) is 0 Å². The van der Waals surface area contributed by atoms with Gasteiger partial charge >= 0.3 is 5.97 Å². The summed E-state index contributed by atoms with van der Waals surface area (Å²) in [5, 5.41) is 10.5. The Morgan fingerprint density at radius 3 is 2.87 bits per heavy atom. The zero-order chi connectivity index (χ0) is 16.6. The number of aromatic carboxylic acids is 1. The molecule has 9 heteroatoms. The molecule has 0 unspecified atom stereocenters. The summed E-state index contributed by atoms with van der Waals surface area (Å²) in [5.41, 5.74) is 0.580. The summed E-state index contributed by atoms with van der Waals surface area (Å²) >= 11 is 2.20. The molecule has 1 aliphatic rings. The number of halogens is 1. The van der Waals surface area contributed by atoms with Gasteiger partial charge in [-0.2, -0.15) is 0 Å². The fourth-order valence-electron chi connectivity index (χ4n) is 2.42. The van der Waals surface area contributed by atoms with E-state index in [-0.39, 0.29) is 15.6 Å². The molecule has 2 heterocycles. The highest BCUT2D eigenvalue weighted by Crippen LogP contribution is 2.38. The number of carbonyl (C=O) groups is 1. The van der Waals surface area contributed by atoms with E-state index in [1.165, 1.54) is 35.3 Å². The number of rotatable bonds is 4. The van der Waals surface area contributed by atoms with E-state index in [1.54, 1.807) is 6.07 Å². The Labute approximate surface area is 140 Å². The van der Waals surface area contributed by atoms with Crippen LogP contribution < -0.4 is 4.72 Å². The van der Waals surface area contributed by atoms with Crippen molar-refractivity contribution in [1.82, 2.24) is 4.72 Å². The van der Waals surface area contributed by atoms with Gasteiger partial charge in [0.1, 0.15) is 15.6 Å². The van der Waals surface area contributed by atoms with E-state index in [1.807, 2.05) is 0 Å². The van der Waals surface area contributed by atoms with Crippen LogP contribution >= 0.6 is 23.1 Å². The molecule has 5 nitrogen and oxygen atoms in total. The largest absolute Gasteiger partial charge is 0.477 e. The van der Waals surface area contributed by atoms with Crippen molar-refractivity contribution in [2.75, 3.05) is 5.75 Å². The molecule has 122 valence electrons. The Balaban J connectivity index is 1.95. The van der Waals surface area contributed by atoms with Crippen LogP contribution in [0.4, 0.5) is 4.39 Å². The maximum absolute atomic E-state index is 13.8. The summed E-state index contributed by atoms with van der Waals surface area (Å²) in [6.45, 7) is 0. The summed E-state index contributed by atoms with van der Waals surface area (Å²) in [4.78, 5) is 11.1. The van der Waals surface area contributed by atoms with Crippen LogP contribution in [-0.4, -0.2) is 25.2 Å². The lowest BCUT2D eigenvalue weighted by molar-refractivity contribution is 0.0698. The second-order valence-corrected chi connectivity index (χ2v) is 8.59. The third-order valence-electron chi connectivity index (χ3n) is 3.44. The molecule has 1 aliphatic heterocycles. The van der Waals surface area contributed by atoms with Crippen LogP contribution in [0, 0.1) is 5.82 Å². The minimum Gasteiger partial charge on any atom is -0.477 e. The molecule has 0 spiro atoms. The van der Waals surface area contributed by atoms with E-state index < -0.39 is 22.0 Å². The van der Waals surface area contributed by atoms with E-state index >= 15 is 0 Å². The molecule has 3 rings (SSSR count). The zero-order valence-corrected chi connectivity index (χ0v) is 14.1. The number of thiophene rings is 1. The second-order valence-electron chi connectivity index (χ2n) is 4.89. The summed E-state index contributed by atoms with van der Waals surface area (Å²) in [5.74, 6) is -1.08. The van der Waals surface area contributed by atoms with Gasteiger partial charge in [0.05, 0.1) is 0 Å². The standard InChI is InChI=1S/C14H12FNO4S3/c15-9-3-1-2-8-10(4-6-21-12(8)9)16-23(19,20)11-5-7-22-13(11)14(17)18/h1-3,5,7,10,16H,4,6H2,(H,17,18)/t10-/m0/s1. The lowest BCUT2D eigenvalue weighted by atomic mass is 10.0. The molecule has 0 fully saturated rings. The Bertz CT molecular complexity index is 863. The summed E-state index contributed by atoms with van der Waals surface area (Å²) < 4.78 is 41.4. The Hall–Kier alpha value is -1.42. The van der Waals surface area contributed by atoms with Crippen molar-refractivity contribution in [2.24, 2.45) is 0 Å². The van der Waals surface area contributed by atoms with Gasteiger partial charge < -0.3 is 5.11 Å². The topological polar surface area (TPSA) is 83.5 Å². The van der Waals surface area contributed by atoms with Crippen LogP contribution in [0.15, 0.2) is 39.4 Å². The molecular weight excluding hydrogens is 361 g/mol. The first-order valence-corrected chi connectivity index (χ1v) is 9.99. The maximum atomic E-state index is 13.8. The molecular formula is C14H12FNO4S3. The summed E-state index contributed by atoms with van der Waals surface area (Å²) in [6, 6.07) is 5.25. The Morgan fingerprint density at radius 1 is 1.35 bits per heavy atom. The molecule has 2 aromatic rings. The molecule has 0 saturated heterocycles. The van der Waals surface area contributed by atoms with Crippen LogP contribution in [0.5, 0.6) is 0 Å². The average Bonchev–Trinajstić information content (AvgIpc) is 2.99. The molecule has 2 N–H and O–H groups in total. The molecule has 0 aliphatic carbocycles. The second kappa shape index (κ2) is 6.23. The van der Waals surface area contributed by atoms with Crippen molar-refractivity contribution in [2.45, 2.75) is 22.3 Å². The van der Waals surface area contributed by atoms with Gasteiger partial charge in [-0.1, -0.05) is 12.1 Å². The third kappa shape index (κ3) is 3.14. The van der Waals surface area contributed by atoms with Crippen LogP contribution in [0.2, 0.25) is 0 Å². The van der Waals surface area contributed by atoms with Crippen molar-refractivity contribution in [1.29, 1.82) is 0 Å². The van der Waals surface area contributed by atoms with Crippen LogP contribution in [0.25, 0.3) is 0 Å². The first-order chi connectivity index (χ1) is 10.9. The predicted molar refractivity (Wildman–Crippen MR) is 86.1 cm³/mol. The third-order valence-corrected chi connectivity index (χ3v) is 7.14. The van der Waals surface area contributed by atoms with Gasteiger partial charge in [0.2, 0.25) is 10.0 Å². The van der Waals surface area contributed by atoms with Gasteiger partial charge in [0.15, 0.2) is 0 Å². The molecule has 23 heavy (non-hydrogen) atoms. The molecule has 1 aromatic heterocycles. The minimum absolute atomic E-state index is 0.234. The first kappa shape index (κ1) is 16.4. The van der Waals surface area contributed by atoms with Crippen molar-refractivity contribution in [3.8, 4) is 0 Å². The smallest absolute Gasteiger partial charge is 0.347 e. The number of hydrogen-bond acceptors (Lipinski definition) is 5. The molecule has 1 atom stereocenters. The number of benzene rings is 1. The Kier molecular flexibility index (Phi) is 4.45. The molecule has 0 amide bonds. The average molecular weight is 373 g/mol. The van der Waals surface area contributed by atoms with Crippen LogP contribution in [-0.2, 0) is 10.0 Å². The quantitative estimate of drug-likeness (QED) is 0.860. The normalized spacial score (nSPS) is 17.7. The van der Waals surface area contributed by atoms with E-state index in [4.69, 9.17) is 5.11 Å². The minimum atomic E-state index is -4.00. The SMILES string of the molecule is O=C(O)c1sccc1S(=O)(=O)N[C@H]1CCSc2c(F)cccc21. The van der Waals surface area contributed by atoms with Gasteiger partial charge in [-0.15, -0.1) is 23.1 Å². The summed E-state index contributed by atoms with van der Waals surface area (Å²) in [6.07, 6.45) is 0.507. The molecule has 0 bridgehead atoms. The number of carboxylic acid groups (broad SMARTS) is 1. The van der Waals surface area contributed by atoms with E-state index in [2.05, 4.69) is 4.72 Å². The molecule has 0 radical (unpaired) electrons. The number of hydrogen-bond donors (Lipinski definition) is 2. The fourth-order valence-corrected chi connectivity index (χ4v) is 6.08. The van der Waals surface area contributed by atoms with Gasteiger partial charge in [0, 0.05) is 10.9 Å². The van der Waals surface area contributed by atoms with E-state index in [9.17, 15) is 17.6 Å². The van der Waals surface area contributed by atoms with E-state index in [0.717, 1.165) is 11.3 Å². The maximum Gasteiger partial charge on any atom is 0.347 e. The van der Waals surface area contributed by atoms with Crippen molar-refractivity contribution in [3.05, 3.63) is 45.9 Å². The van der Waals surface area contributed by atoms with Crippen LogP contribution in [0.3, 0.4) is 0 Å². The van der Waals surface area contributed by atoms with Crippen molar-refractivity contribution < 1.29 is 22.7 Å². The first-order valence-electron chi connectivity index (χ1n) is 6.64. The van der Waals surface area contributed by atoms with Crippen LogP contribution in [0.1, 0.15) is 27.7 Å². The van der Waals surface area contributed by atoms with Crippen molar-refractivity contribution in [3.63, 3.8) is 0 Å². The zero-order valence-electron chi connectivity index (χ0n) is 11.7. The predicted octanol–water partition coefficient (Wildman–Crippen LogP) is 3.10. The number of carboxylic acids is 1. The molecule has 1 aromatic carbocycles. The lowest BCUT2D eigenvalue weighted by Crippen LogP contribution is -2.31.